The van der Waals surface area contributed by atoms with E-state index in [9.17, 15) is 9.59 Å². The summed E-state index contributed by atoms with van der Waals surface area (Å²) in [6.45, 7) is 2.89. The molecule has 0 saturated carbocycles. The molecule has 1 N–H and O–H groups in total. The highest BCUT2D eigenvalue weighted by Gasteiger charge is 2.26. The summed E-state index contributed by atoms with van der Waals surface area (Å²) < 4.78 is 10.9. The summed E-state index contributed by atoms with van der Waals surface area (Å²) in [6, 6.07) is 5.77. The number of hydrogen-bond acceptors (Lipinski definition) is 6. The second-order valence-electron chi connectivity index (χ2n) is 5.58. The van der Waals surface area contributed by atoms with Crippen LogP contribution in [0.15, 0.2) is 23.1 Å². The standard InChI is InChI=1S/C17H20N2O4S/c1-22-9-10-23-13-6-4-5-12(15(13)19-7-2-3-8-19)11-14-16(20)18-17(21)24-14/h4-6,11H,2-3,7-10H2,1H3,(H,18,20,21)/b14-11-. The zero-order chi connectivity index (χ0) is 16.9. The summed E-state index contributed by atoms with van der Waals surface area (Å²) >= 11 is 0.929. The lowest BCUT2D eigenvalue weighted by Gasteiger charge is -2.23. The van der Waals surface area contributed by atoms with E-state index in [1.54, 1.807) is 13.2 Å². The second kappa shape index (κ2) is 7.72. The van der Waals surface area contributed by atoms with Crippen LogP contribution in [0.5, 0.6) is 5.75 Å². The summed E-state index contributed by atoms with van der Waals surface area (Å²) in [5.74, 6) is 0.432. The smallest absolute Gasteiger partial charge is 0.290 e. The van der Waals surface area contributed by atoms with E-state index in [0.717, 1.165) is 54.7 Å². The molecular formula is C17H20N2O4S. The van der Waals surface area contributed by atoms with Crippen LogP contribution in [0.4, 0.5) is 10.5 Å². The van der Waals surface area contributed by atoms with Gasteiger partial charge >= 0.3 is 0 Å². The summed E-state index contributed by atoms with van der Waals surface area (Å²) in [6.07, 6.45) is 4.04. The molecule has 128 valence electrons. The van der Waals surface area contributed by atoms with Crippen LogP contribution in [0.25, 0.3) is 6.08 Å². The second-order valence-corrected chi connectivity index (χ2v) is 6.60. The molecule has 2 saturated heterocycles. The third-order valence-corrected chi connectivity index (χ3v) is 4.74. The molecule has 1 aromatic rings. The number of benzene rings is 1. The predicted molar refractivity (Wildman–Crippen MR) is 94.4 cm³/mol. The van der Waals surface area contributed by atoms with Crippen molar-refractivity contribution in [1.29, 1.82) is 0 Å². The lowest BCUT2D eigenvalue weighted by molar-refractivity contribution is -0.115. The summed E-state index contributed by atoms with van der Waals surface area (Å²) in [5.41, 5.74) is 1.87. The van der Waals surface area contributed by atoms with Crippen molar-refractivity contribution in [2.75, 3.05) is 38.3 Å². The number of carbonyl (C=O) groups excluding carboxylic acids is 2. The zero-order valence-corrected chi connectivity index (χ0v) is 14.4. The van der Waals surface area contributed by atoms with Crippen LogP contribution in [-0.4, -0.2) is 44.6 Å². The molecular weight excluding hydrogens is 328 g/mol. The molecule has 2 aliphatic rings. The van der Waals surface area contributed by atoms with Crippen molar-refractivity contribution in [3.63, 3.8) is 0 Å². The first-order valence-corrected chi connectivity index (χ1v) is 8.75. The maximum atomic E-state index is 11.8. The number of amides is 2. The van der Waals surface area contributed by atoms with Gasteiger partial charge in [-0.3, -0.25) is 14.9 Å². The topological polar surface area (TPSA) is 67.9 Å². The normalized spacial score (nSPS) is 19.2. The van der Waals surface area contributed by atoms with E-state index in [4.69, 9.17) is 9.47 Å². The van der Waals surface area contributed by atoms with Crippen molar-refractivity contribution in [2.45, 2.75) is 12.8 Å². The molecule has 0 spiro atoms. The average Bonchev–Trinajstić information content (AvgIpc) is 3.18. The van der Waals surface area contributed by atoms with Gasteiger partial charge < -0.3 is 14.4 Å². The number of nitrogens with zero attached hydrogens (tertiary/aromatic N) is 1. The Morgan fingerprint density at radius 3 is 2.71 bits per heavy atom. The van der Waals surface area contributed by atoms with Crippen molar-refractivity contribution in [3.05, 3.63) is 28.7 Å². The molecule has 7 heteroatoms. The molecule has 2 heterocycles. The van der Waals surface area contributed by atoms with E-state index < -0.39 is 0 Å². The number of thioether (sulfide) groups is 1. The third-order valence-electron chi connectivity index (χ3n) is 3.93. The number of para-hydroxylation sites is 1. The van der Waals surface area contributed by atoms with Gasteiger partial charge in [0.25, 0.3) is 11.1 Å². The van der Waals surface area contributed by atoms with Crippen molar-refractivity contribution in [1.82, 2.24) is 5.32 Å². The Kier molecular flexibility index (Phi) is 5.42. The molecule has 0 unspecified atom stereocenters. The van der Waals surface area contributed by atoms with Gasteiger partial charge in [-0.2, -0.15) is 0 Å². The van der Waals surface area contributed by atoms with Gasteiger partial charge in [-0.1, -0.05) is 12.1 Å². The summed E-state index contributed by atoms with van der Waals surface area (Å²) in [7, 11) is 1.64. The first-order chi connectivity index (χ1) is 11.7. The highest BCUT2D eigenvalue weighted by Crippen LogP contribution is 2.37. The summed E-state index contributed by atoms with van der Waals surface area (Å²) in [5, 5.41) is 1.96. The number of nitrogens with one attached hydrogen (secondary N) is 1. The zero-order valence-electron chi connectivity index (χ0n) is 13.5. The van der Waals surface area contributed by atoms with Crippen LogP contribution < -0.4 is 15.0 Å². The highest BCUT2D eigenvalue weighted by molar-refractivity contribution is 8.18. The van der Waals surface area contributed by atoms with Crippen molar-refractivity contribution in [2.24, 2.45) is 0 Å². The number of hydrogen-bond donors (Lipinski definition) is 1. The lowest BCUT2D eigenvalue weighted by atomic mass is 10.1. The number of imide groups is 1. The maximum absolute atomic E-state index is 11.8. The number of carbonyl (C=O) groups is 2. The number of rotatable bonds is 6. The Morgan fingerprint density at radius 2 is 2.04 bits per heavy atom. The van der Waals surface area contributed by atoms with Gasteiger partial charge in [0.15, 0.2) is 0 Å². The van der Waals surface area contributed by atoms with Crippen LogP contribution in [0.3, 0.4) is 0 Å². The molecule has 2 amide bonds. The van der Waals surface area contributed by atoms with E-state index in [2.05, 4.69) is 10.2 Å². The SMILES string of the molecule is COCCOc1cccc(/C=C2\SC(=O)NC2=O)c1N1CCCC1. The minimum atomic E-state index is -0.344. The number of ether oxygens (including phenoxy) is 2. The Morgan fingerprint density at radius 1 is 1.25 bits per heavy atom. The molecule has 0 atom stereocenters. The quantitative estimate of drug-likeness (QED) is 0.630. The highest BCUT2D eigenvalue weighted by atomic mass is 32.2. The van der Waals surface area contributed by atoms with Gasteiger partial charge in [0.05, 0.1) is 17.2 Å². The minimum absolute atomic E-state index is 0.332. The number of anilines is 1. The van der Waals surface area contributed by atoms with Crippen LogP contribution in [0.1, 0.15) is 18.4 Å². The van der Waals surface area contributed by atoms with Gasteiger partial charge in [-0.05, 0) is 36.7 Å². The van der Waals surface area contributed by atoms with Crippen molar-refractivity contribution >= 4 is 34.7 Å². The van der Waals surface area contributed by atoms with Crippen molar-refractivity contribution in [3.8, 4) is 5.75 Å². The van der Waals surface area contributed by atoms with Crippen molar-refractivity contribution < 1.29 is 19.1 Å². The first-order valence-electron chi connectivity index (χ1n) is 7.93. The lowest BCUT2D eigenvalue weighted by Crippen LogP contribution is -2.20. The molecule has 2 fully saturated rings. The Labute approximate surface area is 145 Å². The molecule has 6 nitrogen and oxygen atoms in total. The van der Waals surface area contributed by atoms with E-state index in [-0.39, 0.29) is 11.1 Å². The van der Waals surface area contributed by atoms with E-state index in [1.807, 2.05) is 18.2 Å². The fourth-order valence-corrected chi connectivity index (χ4v) is 3.52. The van der Waals surface area contributed by atoms with Gasteiger partial charge in [0.2, 0.25) is 0 Å². The average molecular weight is 348 g/mol. The largest absolute Gasteiger partial charge is 0.489 e. The molecule has 3 rings (SSSR count). The van der Waals surface area contributed by atoms with E-state index >= 15 is 0 Å². The fourth-order valence-electron chi connectivity index (χ4n) is 2.85. The van der Waals surface area contributed by atoms with Gasteiger partial charge in [-0.15, -0.1) is 0 Å². The van der Waals surface area contributed by atoms with Gasteiger partial charge in [0.1, 0.15) is 12.4 Å². The molecule has 0 aliphatic carbocycles. The molecule has 0 radical (unpaired) electrons. The van der Waals surface area contributed by atoms with E-state index in [0.29, 0.717) is 18.1 Å². The molecule has 1 aromatic carbocycles. The Bertz CT molecular complexity index is 669. The molecule has 2 aliphatic heterocycles. The van der Waals surface area contributed by atoms with Crippen LogP contribution >= 0.6 is 11.8 Å². The number of methoxy groups -OCH3 is 1. The maximum Gasteiger partial charge on any atom is 0.290 e. The van der Waals surface area contributed by atoms with Gasteiger partial charge in [-0.25, -0.2) is 0 Å². The predicted octanol–water partition coefficient (Wildman–Crippen LogP) is 2.64. The van der Waals surface area contributed by atoms with Crippen LogP contribution in [0, 0.1) is 0 Å². The molecule has 24 heavy (non-hydrogen) atoms. The van der Waals surface area contributed by atoms with Crippen LogP contribution in [-0.2, 0) is 9.53 Å². The van der Waals surface area contributed by atoms with E-state index in [1.165, 1.54) is 0 Å². The van der Waals surface area contributed by atoms with Gasteiger partial charge in [0, 0.05) is 25.8 Å². The molecule has 0 aromatic heterocycles. The monoisotopic (exact) mass is 348 g/mol. The Balaban J connectivity index is 1.95. The van der Waals surface area contributed by atoms with Crippen LogP contribution in [0.2, 0.25) is 0 Å². The third kappa shape index (κ3) is 3.73. The fraction of sp³-hybridized carbons (Fsp3) is 0.412. The summed E-state index contributed by atoms with van der Waals surface area (Å²) in [4.78, 5) is 25.9. The minimum Gasteiger partial charge on any atom is -0.489 e. The Hall–Kier alpha value is -1.99. The molecule has 0 bridgehead atoms. The first kappa shape index (κ1) is 16.9.